The Kier molecular flexibility index (Phi) is 4.54. The standard InChI is InChI=1S/C17H17F3N2OS/c1-11-2-3-13(8-14(11)17(18,19)20)21-9-16(23)22-6-4-15-12(10-22)5-7-24-15/h2-3,5,7-8,21H,4,6,9-10H2,1H3. The van der Waals surface area contributed by atoms with Crippen LogP contribution in [0.1, 0.15) is 21.6 Å². The molecule has 0 unspecified atom stereocenters. The smallest absolute Gasteiger partial charge is 0.376 e. The fraction of sp³-hybridized carbons (Fsp3) is 0.353. The maximum atomic E-state index is 12.9. The number of anilines is 1. The third-order valence-electron chi connectivity index (χ3n) is 4.15. The highest BCUT2D eigenvalue weighted by molar-refractivity contribution is 7.10. The minimum absolute atomic E-state index is 0.0141. The fourth-order valence-corrected chi connectivity index (χ4v) is 3.68. The summed E-state index contributed by atoms with van der Waals surface area (Å²) in [5, 5.41) is 4.83. The van der Waals surface area contributed by atoms with Crippen LogP contribution in [-0.4, -0.2) is 23.9 Å². The zero-order valence-corrected chi connectivity index (χ0v) is 13.9. The molecule has 1 aliphatic rings. The van der Waals surface area contributed by atoms with Gasteiger partial charge in [0.05, 0.1) is 12.1 Å². The van der Waals surface area contributed by atoms with Crippen LogP contribution in [-0.2, 0) is 23.9 Å². The summed E-state index contributed by atoms with van der Waals surface area (Å²) in [5.74, 6) is -0.110. The molecule has 0 saturated heterocycles. The van der Waals surface area contributed by atoms with Gasteiger partial charge >= 0.3 is 6.18 Å². The fourth-order valence-electron chi connectivity index (χ4n) is 2.79. The van der Waals surface area contributed by atoms with E-state index in [1.54, 1.807) is 22.3 Å². The Labute approximate surface area is 142 Å². The molecule has 0 saturated carbocycles. The number of fused-ring (bicyclic) bond motifs is 1. The van der Waals surface area contributed by atoms with Crippen LogP contribution in [0.4, 0.5) is 18.9 Å². The number of carbonyl (C=O) groups excluding carboxylic acids is 1. The molecule has 0 radical (unpaired) electrons. The van der Waals surface area contributed by atoms with Crippen LogP contribution in [0.25, 0.3) is 0 Å². The Hall–Kier alpha value is -2.02. The number of thiophene rings is 1. The predicted octanol–water partition coefficient (Wildman–Crippen LogP) is 4.07. The van der Waals surface area contributed by atoms with E-state index in [9.17, 15) is 18.0 Å². The molecule has 7 heteroatoms. The average molecular weight is 354 g/mol. The molecule has 2 aromatic rings. The molecule has 0 bridgehead atoms. The second-order valence-corrected chi connectivity index (χ2v) is 6.82. The second-order valence-electron chi connectivity index (χ2n) is 5.82. The topological polar surface area (TPSA) is 32.3 Å². The third-order valence-corrected chi connectivity index (χ3v) is 5.17. The summed E-state index contributed by atoms with van der Waals surface area (Å²) in [6.45, 7) is 2.63. The lowest BCUT2D eigenvalue weighted by Gasteiger charge is -2.27. The van der Waals surface area contributed by atoms with Crippen molar-refractivity contribution < 1.29 is 18.0 Å². The van der Waals surface area contributed by atoms with Crippen LogP contribution in [0.2, 0.25) is 0 Å². The van der Waals surface area contributed by atoms with E-state index in [0.29, 0.717) is 18.8 Å². The van der Waals surface area contributed by atoms with E-state index in [4.69, 9.17) is 0 Å². The molecule has 0 atom stereocenters. The van der Waals surface area contributed by atoms with Gasteiger partial charge in [-0.25, -0.2) is 0 Å². The van der Waals surface area contributed by atoms with Crippen molar-refractivity contribution in [1.82, 2.24) is 4.90 Å². The van der Waals surface area contributed by atoms with Gasteiger partial charge in [-0.15, -0.1) is 11.3 Å². The van der Waals surface area contributed by atoms with Crippen molar-refractivity contribution in [3.05, 3.63) is 51.2 Å². The summed E-state index contributed by atoms with van der Waals surface area (Å²) in [6, 6.07) is 6.04. The van der Waals surface area contributed by atoms with Gasteiger partial charge < -0.3 is 10.2 Å². The highest BCUT2D eigenvalue weighted by Crippen LogP contribution is 2.33. The van der Waals surface area contributed by atoms with Crippen molar-refractivity contribution in [1.29, 1.82) is 0 Å². The molecule has 1 aromatic carbocycles. The normalized spacial score (nSPS) is 14.4. The molecule has 24 heavy (non-hydrogen) atoms. The predicted molar refractivity (Wildman–Crippen MR) is 88.1 cm³/mol. The number of aryl methyl sites for hydroxylation is 1. The number of hydrogen-bond donors (Lipinski definition) is 1. The van der Waals surface area contributed by atoms with Gasteiger partial charge in [-0.1, -0.05) is 6.07 Å². The van der Waals surface area contributed by atoms with Crippen LogP contribution >= 0.6 is 11.3 Å². The van der Waals surface area contributed by atoms with Crippen LogP contribution in [0, 0.1) is 6.92 Å². The monoisotopic (exact) mass is 354 g/mol. The van der Waals surface area contributed by atoms with Crippen molar-refractivity contribution in [2.75, 3.05) is 18.4 Å². The Morgan fingerprint density at radius 1 is 1.33 bits per heavy atom. The molecule has 1 aliphatic heterocycles. The molecule has 2 heterocycles. The van der Waals surface area contributed by atoms with E-state index < -0.39 is 11.7 Å². The van der Waals surface area contributed by atoms with Crippen LogP contribution < -0.4 is 5.32 Å². The lowest BCUT2D eigenvalue weighted by atomic mass is 10.1. The van der Waals surface area contributed by atoms with Crippen LogP contribution in [0.5, 0.6) is 0 Å². The number of halogens is 3. The molecule has 3 rings (SSSR count). The first-order valence-electron chi connectivity index (χ1n) is 7.59. The number of alkyl halides is 3. The Bertz CT molecular complexity index is 755. The molecule has 128 valence electrons. The Morgan fingerprint density at radius 3 is 2.88 bits per heavy atom. The number of nitrogens with zero attached hydrogens (tertiary/aromatic N) is 1. The maximum absolute atomic E-state index is 12.9. The summed E-state index contributed by atoms with van der Waals surface area (Å²) in [7, 11) is 0. The number of benzene rings is 1. The summed E-state index contributed by atoms with van der Waals surface area (Å²) < 4.78 is 38.8. The van der Waals surface area contributed by atoms with E-state index >= 15 is 0 Å². The molecular weight excluding hydrogens is 337 g/mol. The summed E-state index contributed by atoms with van der Waals surface area (Å²) in [5.41, 5.74) is 0.949. The van der Waals surface area contributed by atoms with E-state index in [-0.39, 0.29) is 18.0 Å². The molecule has 1 N–H and O–H groups in total. The number of rotatable bonds is 3. The van der Waals surface area contributed by atoms with Crippen molar-refractivity contribution in [3.63, 3.8) is 0 Å². The van der Waals surface area contributed by atoms with Crippen molar-refractivity contribution in [3.8, 4) is 0 Å². The number of hydrogen-bond acceptors (Lipinski definition) is 3. The van der Waals surface area contributed by atoms with Gasteiger partial charge in [-0.05, 0) is 48.1 Å². The Morgan fingerprint density at radius 2 is 2.12 bits per heavy atom. The van der Waals surface area contributed by atoms with Crippen LogP contribution in [0.3, 0.4) is 0 Å². The largest absolute Gasteiger partial charge is 0.416 e. The molecule has 0 aliphatic carbocycles. The number of amides is 1. The van der Waals surface area contributed by atoms with Gasteiger partial charge in [0.25, 0.3) is 0 Å². The first-order chi connectivity index (χ1) is 11.3. The second kappa shape index (κ2) is 6.47. The van der Waals surface area contributed by atoms with Gasteiger partial charge in [-0.3, -0.25) is 4.79 Å². The minimum Gasteiger partial charge on any atom is -0.376 e. The molecule has 0 spiro atoms. The lowest BCUT2D eigenvalue weighted by molar-refractivity contribution is -0.138. The van der Waals surface area contributed by atoms with Gasteiger partial charge in [0.2, 0.25) is 5.91 Å². The maximum Gasteiger partial charge on any atom is 0.416 e. The minimum atomic E-state index is -4.39. The van der Waals surface area contributed by atoms with Crippen molar-refractivity contribution in [2.45, 2.75) is 26.1 Å². The number of carbonyl (C=O) groups is 1. The third kappa shape index (κ3) is 3.56. The summed E-state index contributed by atoms with van der Waals surface area (Å²) >= 11 is 1.69. The number of nitrogens with one attached hydrogen (secondary N) is 1. The van der Waals surface area contributed by atoms with Crippen LogP contribution in [0.15, 0.2) is 29.6 Å². The lowest BCUT2D eigenvalue weighted by Crippen LogP contribution is -2.38. The van der Waals surface area contributed by atoms with E-state index in [2.05, 4.69) is 5.32 Å². The molecule has 1 aromatic heterocycles. The highest BCUT2D eigenvalue weighted by atomic mass is 32.1. The summed E-state index contributed by atoms with van der Waals surface area (Å²) in [4.78, 5) is 15.3. The first-order valence-corrected chi connectivity index (χ1v) is 8.47. The highest BCUT2D eigenvalue weighted by Gasteiger charge is 2.32. The van der Waals surface area contributed by atoms with E-state index in [1.165, 1.54) is 17.9 Å². The average Bonchev–Trinajstić information content (AvgIpc) is 3.00. The summed E-state index contributed by atoms with van der Waals surface area (Å²) in [6.07, 6.45) is -3.56. The van der Waals surface area contributed by atoms with Gasteiger partial charge in [0, 0.05) is 23.7 Å². The van der Waals surface area contributed by atoms with Gasteiger partial charge in [-0.2, -0.15) is 13.2 Å². The van der Waals surface area contributed by atoms with Crippen molar-refractivity contribution >= 4 is 22.9 Å². The molecule has 3 nitrogen and oxygen atoms in total. The quantitative estimate of drug-likeness (QED) is 0.901. The molecule has 1 amide bonds. The SMILES string of the molecule is Cc1ccc(NCC(=O)N2CCc3sccc3C2)cc1C(F)(F)F. The zero-order valence-electron chi connectivity index (χ0n) is 13.1. The van der Waals surface area contributed by atoms with Crippen molar-refractivity contribution in [2.24, 2.45) is 0 Å². The van der Waals surface area contributed by atoms with Gasteiger partial charge in [0.15, 0.2) is 0 Å². The van der Waals surface area contributed by atoms with Gasteiger partial charge in [0.1, 0.15) is 0 Å². The molecule has 0 fully saturated rings. The van der Waals surface area contributed by atoms with E-state index in [1.807, 2.05) is 11.4 Å². The zero-order chi connectivity index (χ0) is 17.3. The van der Waals surface area contributed by atoms with E-state index in [0.717, 1.165) is 18.1 Å². The molecular formula is C17H17F3N2OS. The first kappa shape index (κ1) is 16.8. The Balaban J connectivity index is 1.63.